The summed E-state index contributed by atoms with van der Waals surface area (Å²) in [6, 6.07) is 2.19. The Bertz CT molecular complexity index is 1310. The maximum Gasteiger partial charge on any atom is 0.346 e. The maximum absolute atomic E-state index is 13.4. The van der Waals surface area contributed by atoms with Gasteiger partial charge in [0.05, 0.1) is 13.1 Å². The number of fused-ring (bicyclic) bond motifs is 1. The minimum Gasteiger partial charge on any atom is -0.370 e. The number of aliphatic hydroxyl groups is 2. The summed E-state index contributed by atoms with van der Waals surface area (Å²) in [5.41, 5.74) is 13.3. The molecule has 2 fully saturated rings. The molecule has 0 radical (unpaired) electrons. The van der Waals surface area contributed by atoms with Crippen LogP contribution in [0.2, 0.25) is 0 Å². The van der Waals surface area contributed by atoms with E-state index in [4.69, 9.17) is 11.5 Å². The minimum absolute atomic E-state index is 0.0580. The molecule has 1 aromatic rings. The molecule has 4 heterocycles. The van der Waals surface area contributed by atoms with Crippen LogP contribution in [-0.4, -0.2) is 111 Å². The number of hydrogen-bond acceptors (Lipinski definition) is 10. The van der Waals surface area contributed by atoms with Crippen LogP contribution in [0.15, 0.2) is 23.2 Å². The van der Waals surface area contributed by atoms with Crippen molar-refractivity contribution >= 4 is 29.8 Å². The molecule has 14 heteroatoms. The summed E-state index contributed by atoms with van der Waals surface area (Å²) in [7, 11) is 1.52. The van der Waals surface area contributed by atoms with Crippen LogP contribution in [0.3, 0.4) is 0 Å². The molecule has 2 saturated heterocycles. The highest BCUT2D eigenvalue weighted by molar-refractivity contribution is 6.02. The van der Waals surface area contributed by atoms with Crippen LogP contribution >= 0.6 is 0 Å². The largest absolute Gasteiger partial charge is 0.370 e. The number of benzene rings is 1. The minimum atomic E-state index is -2.59. The number of hydrogen-bond donors (Lipinski definition) is 7. The average Bonchev–Trinajstić information content (AvgIpc) is 3.44. The maximum atomic E-state index is 13.4. The lowest BCUT2D eigenvalue weighted by Crippen LogP contribution is -2.79. The van der Waals surface area contributed by atoms with Gasteiger partial charge in [-0.15, -0.1) is 0 Å². The fraction of sp³-hybridized carbons (Fsp3) is 0.542. The Labute approximate surface area is 218 Å². The van der Waals surface area contributed by atoms with E-state index in [-0.39, 0.29) is 37.5 Å². The number of nitrogens with one attached hydrogen (secondary N) is 3. The van der Waals surface area contributed by atoms with Crippen molar-refractivity contribution in [1.29, 1.82) is 0 Å². The molecule has 0 aromatic heterocycles. The van der Waals surface area contributed by atoms with Crippen LogP contribution in [0.5, 0.6) is 0 Å². The third-order valence-corrected chi connectivity index (χ3v) is 8.42. The smallest absolute Gasteiger partial charge is 0.346 e. The number of likely N-dealkylation sites (N-methyl/N-ethyl adjacent to an activating group) is 1. The van der Waals surface area contributed by atoms with E-state index in [1.165, 1.54) is 16.5 Å². The number of carbonyl (C=O) groups excluding carboxylic acids is 3. The zero-order chi connectivity index (χ0) is 27.0. The van der Waals surface area contributed by atoms with Crippen molar-refractivity contribution in [2.45, 2.75) is 55.3 Å². The van der Waals surface area contributed by atoms with Crippen molar-refractivity contribution in [3.63, 3.8) is 0 Å². The monoisotopic (exact) mass is 526 g/mol. The topological polar surface area (TPSA) is 202 Å². The van der Waals surface area contributed by atoms with Gasteiger partial charge in [-0.25, -0.2) is 14.4 Å². The van der Waals surface area contributed by atoms with Crippen molar-refractivity contribution in [2.24, 2.45) is 16.5 Å². The van der Waals surface area contributed by atoms with Crippen LogP contribution < -0.4 is 27.4 Å². The van der Waals surface area contributed by atoms with Gasteiger partial charge in [0.25, 0.3) is 5.91 Å². The molecule has 1 spiro atoms. The Hall–Kier alpha value is -3.91. The summed E-state index contributed by atoms with van der Waals surface area (Å²) >= 11 is 0. The molecule has 4 atom stereocenters. The number of nitrogens with zero attached hydrogens (tertiary/aromatic N) is 4. The van der Waals surface area contributed by atoms with E-state index in [9.17, 15) is 24.6 Å². The lowest BCUT2D eigenvalue weighted by Gasteiger charge is -2.44. The lowest BCUT2D eigenvalue weighted by atomic mass is 9.84. The van der Waals surface area contributed by atoms with Gasteiger partial charge in [0.15, 0.2) is 5.96 Å². The number of urea groups is 1. The summed E-state index contributed by atoms with van der Waals surface area (Å²) in [6.07, 6.45) is 3.74. The van der Waals surface area contributed by atoms with Crippen LogP contribution in [0, 0.1) is 0 Å². The third-order valence-electron chi connectivity index (χ3n) is 8.42. The summed E-state index contributed by atoms with van der Waals surface area (Å²) < 4.78 is 1.49. The Kier molecular flexibility index (Phi) is 5.33. The number of rotatable bonds is 4. The second-order valence-electron chi connectivity index (χ2n) is 10.6. The van der Waals surface area contributed by atoms with Crippen LogP contribution in [-0.2, 0) is 17.6 Å². The molecule has 14 nitrogen and oxygen atoms in total. The predicted octanol–water partition coefficient (Wildman–Crippen LogP) is -3.47. The Balaban J connectivity index is 1.31. The van der Waals surface area contributed by atoms with E-state index in [0.717, 1.165) is 41.7 Å². The van der Waals surface area contributed by atoms with Crippen molar-refractivity contribution in [2.75, 3.05) is 26.7 Å². The highest BCUT2D eigenvalue weighted by Crippen LogP contribution is 2.41. The zero-order valence-electron chi connectivity index (χ0n) is 21.0. The van der Waals surface area contributed by atoms with Crippen LogP contribution in [0.1, 0.15) is 34.3 Å². The summed E-state index contributed by atoms with van der Waals surface area (Å²) in [5.74, 6) is -3.39. The fourth-order valence-corrected chi connectivity index (χ4v) is 6.58. The van der Waals surface area contributed by atoms with Gasteiger partial charge in [-0.05, 0) is 42.9 Å². The van der Waals surface area contributed by atoms with E-state index in [1.54, 1.807) is 6.07 Å². The van der Waals surface area contributed by atoms with Gasteiger partial charge in [-0.2, -0.15) is 0 Å². The van der Waals surface area contributed by atoms with E-state index < -0.39 is 41.5 Å². The molecule has 5 aliphatic rings. The van der Waals surface area contributed by atoms with E-state index in [0.29, 0.717) is 5.56 Å². The van der Waals surface area contributed by atoms with Crippen LogP contribution in [0.25, 0.3) is 0 Å². The molecule has 0 saturated carbocycles. The lowest BCUT2D eigenvalue weighted by molar-refractivity contribution is -0.623. The molecule has 1 aliphatic carbocycles. The molecule has 6 rings (SSSR count). The fourth-order valence-electron chi connectivity index (χ4n) is 6.58. The van der Waals surface area contributed by atoms with E-state index in [2.05, 4.69) is 20.9 Å². The molecule has 202 valence electrons. The van der Waals surface area contributed by atoms with Gasteiger partial charge < -0.3 is 31.5 Å². The number of amides is 4. The first-order chi connectivity index (χ1) is 18.0. The van der Waals surface area contributed by atoms with E-state index >= 15 is 0 Å². The molecule has 3 unspecified atom stereocenters. The summed E-state index contributed by atoms with van der Waals surface area (Å²) in [5, 5.41) is 32.1. The van der Waals surface area contributed by atoms with Gasteiger partial charge in [0.1, 0.15) is 24.7 Å². The predicted molar refractivity (Wildman–Crippen MR) is 134 cm³/mol. The first-order valence-electron chi connectivity index (χ1n) is 12.7. The molecule has 0 bridgehead atoms. The van der Waals surface area contributed by atoms with Crippen molar-refractivity contribution < 1.29 is 29.2 Å². The Morgan fingerprint density at radius 1 is 1.26 bits per heavy atom. The molecule has 9 N–H and O–H groups in total. The number of nitrogens with two attached hydrogens (primary N) is 2. The number of carbonyl (C=O) groups is 3. The van der Waals surface area contributed by atoms with Crippen LogP contribution in [0.4, 0.5) is 4.79 Å². The highest BCUT2D eigenvalue weighted by atomic mass is 16.5. The molecule has 4 aliphatic heterocycles. The number of imide groups is 1. The van der Waals surface area contributed by atoms with E-state index in [1.807, 2.05) is 12.1 Å². The Morgan fingerprint density at radius 3 is 2.76 bits per heavy atom. The van der Waals surface area contributed by atoms with Crippen molar-refractivity contribution in [3.05, 3.63) is 34.9 Å². The molecular formula is C24H32N9O5+. The summed E-state index contributed by atoms with van der Waals surface area (Å²) in [6.45, 7) is -0.238. The number of aryl methyl sites for hydroxylation is 1. The second-order valence-corrected chi connectivity index (χ2v) is 10.6. The van der Waals surface area contributed by atoms with Gasteiger partial charge in [0, 0.05) is 12.6 Å². The highest BCUT2D eigenvalue weighted by Gasteiger charge is 2.75. The summed E-state index contributed by atoms with van der Waals surface area (Å²) in [4.78, 5) is 45.2. The van der Waals surface area contributed by atoms with Crippen molar-refractivity contribution in [1.82, 2.24) is 25.8 Å². The van der Waals surface area contributed by atoms with Gasteiger partial charge >= 0.3 is 12.0 Å². The number of guanidine groups is 2. The standard InChI is InChI=1S/C24H31N9O5/c1-31-11-17(34)32(22(31)36)9-15-18-23(30-20(25)29-18)24(37,38)16(10-33(23)21(26)27-15)28-19(35)14-8-4-6-12-5-2-3-7-13(12)14/h4,6,8,15-16,18,37-38H,2-3,5,7,9-11H2,1H3,(H6,25,26,27,28,29,30,35)/p+1/t15-,16?,18?,23?/m0/s1. The second kappa shape index (κ2) is 8.30. The van der Waals surface area contributed by atoms with Gasteiger partial charge in [0.2, 0.25) is 17.4 Å². The first kappa shape index (κ1) is 24.4. The quantitative estimate of drug-likeness (QED) is 0.118. The van der Waals surface area contributed by atoms with Crippen molar-refractivity contribution in [3.8, 4) is 0 Å². The molecule has 4 amide bonds. The average molecular weight is 527 g/mol. The van der Waals surface area contributed by atoms with Gasteiger partial charge in [-0.3, -0.25) is 25.5 Å². The first-order valence-corrected chi connectivity index (χ1v) is 12.7. The SMILES string of the molecule is CN1CC(=O)N(C[C@@H]2NC(N)=[N+]3CC(NC(=O)c4cccc5c4CCCC5)C(O)(O)C34NC(N)=NC24)C1=O. The molecular weight excluding hydrogens is 494 g/mol. The Morgan fingerprint density at radius 2 is 2.03 bits per heavy atom. The molecule has 38 heavy (non-hydrogen) atoms. The van der Waals surface area contributed by atoms with Gasteiger partial charge in [-0.1, -0.05) is 12.1 Å². The third kappa shape index (κ3) is 3.29. The number of aliphatic imine (C=N–C) groups is 1. The molecule has 1 aromatic carbocycles. The zero-order valence-corrected chi connectivity index (χ0v) is 21.0. The normalized spacial score (nSPS) is 31.3.